The van der Waals surface area contributed by atoms with E-state index in [0.29, 0.717) is 0 Å². The van der Waals surface area contributed by atoms with E-state index in [-0.39, 0.29) is 11.4 Å². The molecule has 20 heavy (non-hydrogen) atoms. The van der Waals surface area contributed by atoms with E-state index in [2.05, 4.69) is 5.32 Å². The van der Waals surface area contributed by atoms with Crippen LogP contribution in [0.4, 0.5) is 5.69 Å². The third-order valence-electron chi connectivity index (χ3n) is 3.65. The molecule has 3 rings (SSSR count). The molecule has 6 heteroatoms. The van der Waals surface area contributed by atoms with Crippen LogP contribution in [0.15, 0.2) is 36.4 Å². The van der Waals surface area contributed by atoms with Gasteiger partial charge in [-0.3, -0.25) is 9.59 Å². The van der Waals surface area contributed by atoms with Crippen molar-refractivity contribution in [3.63, 3.8) is 0 Å². The topological polar surface area (TPSA) is 95.9 Å². The third kappa shape index (κ3) is 1.94. The highest BCUT2D eigenvalue weighted by molar-refractivity contribution is 5.97. The third-order valence-corrected chi connectivity index (χ3v) is 3.65. The van der Waals surface area contributed by atoms with Crippen LogP contribution < -0.4 is 5.32 Å². The normalized spacial score (nSPS) is 30.4. The predicted molar refractivity (Wildman–Crippen MR) is 69.2 cm³/mol. The van der Waals surface area contributed by atoms with Gasteiger partial charge in [0.15, 0.2) is 0 Å². The monoisotopic (exact) mass is 275 g/mol. The van der Waals surface area contributed by atoms with Crippen LogP contribution in [0, 0.1) is 11.8 Å². The van der Waals surface area contributed by atoms with Crippen molar-refractivity contribution in [1.82, 2.24) is 0 Å². The highest BCUT2D eigenvalue weighted by Crippen LogP contribution is 2.40. The van der Waals surface area contributed by atoms with Gasteiger partial charge in [-0.1, -0.05) is 24.3 Å². The van der Waals surface area contributed by atoms with Crippen LogP contribution in [0.5, 0.6) is 5.75 Å². The quantitative estimate of drug-likeness (QED) is 0.564. The molecule has 0 aromatic heterocycles. The minimum atomic E-state index is -1.06. The van der Waals surface area contributed by atoms with Crippen molar-refractivity contribution in [2.45, 2.75) is 12.2 Å². The van der Waals surface area contributed by atoms with Crippen LogP contribution >= 0.6 is 0 Å². The number of aliphatic carboxylic acids is 1. The Hall–Kier alpha value is -2.34. The zero-order valence-electron chi connectivity index (χ0n) is 10.4. The molecular weight excluding hydrogens is 262 g/mol. The molecule has 0 saturated carbocycles. The highest BCUT2D eigenvalue weighted by atomic mass is 16.5. The number of aromatic hydroxyl groups is 1. The van der Waals surface area contributed by atoms with Gasteiger partial charge in [0.1, 0.15) is 11.7 Å². The number of carbonyl (C=O) groups excluding carboxylic acids is 1. The van der Waals surface area contributed by atoms with Gasteiger partial charge in [-0.2, -0.15) is 0 Å². The van der Waals surface area contributed by atoms with E-state index < -0.39 is 35.9 Å². The van der Waals surface area contributed by atoms with Gasteiger partial charge >= 0.3 is 5.97 Å². The lowest BCUT2D eigenvalue weighted by Gasteiger charge is -2.21. The predicted octanol–water partition coefficient (Wildman–Crippen LogP) is 0.985. The number of fused-ring (bicyclic) bond motifs is 2. The molecular formula is C14H13NO5. The first-order chi connectivity index (χ1) is 9.58. The van der Waals surface area contributed by atoms with E-state index in [1.165, 1.54) is 6.07 Å². The Balaban J connectivity index is 1.82. The highest BCUT2D eigenvalue weighted by Gasteiger charge is 2.53. The average molecular weight is 275 g/mol. The number of ether oxygens (including phenoxy) is 1. The van der Waals surface area contributed by atoms with Gasteiger partial charge < -0.3 is 20.3 Å². The number of benzene rings is 1. The molecule has 1 aromatic carbocycles. The number of anilines is 1. The first kappa shape index (κ1) is 12.7. The van der Waals surface area contributed by atoms with Gasteiger partial charge in [-0.25, -0.2) is 0 Å². The Labute approximate surface area is 114 Å². The van der Waals surface area contributed by atoms with Gasteiger partial charge in [0.05, 0.1) is 23.8 Å². The number of rotatable bonds is 3. The Kier molecular flexibility index (Phi) is 2.94. The summed E-state index contributed by atoms with van der Waals surface area (Å²) < 4.78 is 5.43. The largest absolute Gasteiger partial charge is 0.506 e. The number of phenolic OH excluding ortho intramolecular Hbond substituents is 1. The van der Waals surface area contributed by atoms with Crippen LogP contribution in [-0.2, 0) is 14.3 Å². The Morgan fingerprint density at radius 1 is 1.10 bits per heavy atom. The Morgan fingerprint density at radius 2 is 1.75 bits per heavy atom. The van der Waals surface area contributed by atoms with E-state index in [4.69, 9.17) is 4.74 Å². The van der Waals surface area contributed by atoms with Gasteiger partial charge in [0.2, 0.25) is 5.91 Å². The van der Waals surface area contributed by atoms with Crippen LogP contribution in [0.25, 0.3) is 0 Å². The molecule has 4 unspecified atom stereocenters. The summed E-state index contributed by atoms with van der Waals surface area (Å²) >= 11 is 0. The number of hydrogen-bond acceptors (Lipinski definition) is 4. The summed E-state index contributed by atoms with van der Waals surface area (Å²) in [5, 5.41) is 21.4. The molecule has 1 fully saturated rings. The number of carboxylic acid groups (broad SMARTS) is 1. The summed E-state index contributed by atoms with van der Waals surface area (Å²) in [6.45, 7) is 0. The smallest absolute Gasteiger partial charge is 0.310 e. The van der Waals surface area contributed by atoms with Crippen molar-refractivity contribution in [3.05, 3.63) is 36.4 Å². The summed E-state index contributed by atoms with van der Waals surface area (Å²) in [6, 6.07) is 6.30. The summed E-state index contributed by atoms with van der Waals surface area (Å²) in [6.07, 6.45) is 2.30. The molecule has 1 amide bonds. The van der Waals surface area contributed by atoms with E-state index >= 15 is 0 Å². The van der Waals surface area contributed by atoms with Crippen LogP contribution in [0.3, 0.4) is 0 Å². The van der Waals surface area contributed by atoms with E-state index in [9.17, 15) is 19.8 Å². The standard InChI is InChI=1S/C14H13NO5/c16-8-4-2-1-3-7(8)15-13(17)11-9-5-6-10(20-9)12(11)14(18)19/h1-6,9-12,16H,(H,15,17)(H,18,19). The molecule has 1 aromatic rings. The number of nitrogens with one attached hydrogen (secondary N) is 1. The fourth-order valence-corrected chi connectivity index (χ4v) is 2.71. The van der Waals surface area contributed by atoms with E-state index in [1.807, 2.05) is 0 Å². The summed E-state index contributed by atoms with van der Waals surface area (Å²) in [4.78, 5) is 23.6. The number of carboxylic acids is 1. The second kappa shape index (κ2) is 4.64. The maximum atomic E-state index is 12.3. The molecule has 2 heterocycles. The minimum Gasteiger partial charge on any atom is -0.506 e. The van der Waals surface area contributed by atoms with Crippen molar-refractivity contribution >= 4 is 17.6 Å². The minimum absolute atomic E-state index is 0.0626. The van der Waals surface area contributed by atoms with E-state index in [0.717, 1.165) is 0 Å². The number of amides is 1. The second-order valence-electron chi connectivity index (χ2n) is 4.85. The Morgan fingerprint density at radius 3 is 2.40 bits per heavy atom. The van der Waals surface area contributed by atoms with Crippen molar-refractivity contribution in [3.8, 4) is 5.75 Å². The van der Waals surface area contributed by atoms with Crippen molar-refractivity contribution < 1.29 is 24.5 Å². The lowest BCUT2D eigenvalue weighted by molar-refractivity contribution is -0.145. The molecule has 3 N–H and O–H groups in total. The number of phenols is 1. The van der Waals surface area contributed by atoms with Gasteiger partial charge in [-0.15, -0.1) is 0 Å². The van der Waals surface area contributed by atoms with Crippen molar-refractivity contribution in [1.29, 1.82) is 0 Å². The number of para-hydroxylation sites is 2. The summed E-state index contributed by atoms with van der Waals surface area (Å²) in [5.74, 6) is -3.26. The molecule has 2 aliphatic rings. The molecule has 1 saturated heterocycles. The molecule has 4 atom stereocenters. The molecule has 0 spiro atoms. The molecule has 0 aliphatic carbocycles. The molecule has 6 nitrogen and oxygen atoms in total. The molecule has 2 bridgehead atoms. The number of carbonyl (C=O) groups is 2. The maximum Gasteiger partial charge on any atom is 0.310 e. The second-order valence-corrected chi connectivity index (χ2v) is 4.85. The zero-order chi connectivity index (χ0) is 14.3. The van der Waals surface area contributed by atoms with Gasteiger partial charge in [0, 0.05) is 0 Å². The fraction of sp³-hybridized carbons (Fsp3) is 0.286. The molecule has 2 aliphatic heterocycles. The molecule has 104 valence electrons. The zero-order valence-corrected chi connectivity index (χ0v) is 10.4. The first-order valence-electron chi connectivity index (χ1n) is 6.23. The van der Waals surface area contributed by atoms with Crippen LogP contribution in [-0.4, -0.2) is 34.3 Å². The van der Waals surface area contributed by atoms with Gasteiger partial charge in [-0.05, 0) is 12.1 Å². The summed E-state index contributed by atoms with van der Waals surface area (Å²) in [7, 11) is 0. The van der Waals surface area contributed by atoms with Crippen LogP contribution in [0.1, 0.15) is 0 Å². The average Bonchev–Trinajstić information content (AvgIpc) is 3.01. The first-order valence-corrected chi connectivity index (χ1v) is 6.23. The SMILES string of the molecule is O=C(O)C1C2C=CC(O2)C1C(=O)Nc1ccccc1O. The van der Waals surface area contributed by atoms with Gasteiger partial charge in [0.25, 0.3) is 0 Å². The van der Waals surface area contributed by atoms with Crippen molar-refractivity contribution in [2.75, 3.05) is 5.32 Å². The number of hydrogen-bond donors (Lipinski definition) is 3. The van der Waals surface area contributed by atoms with Crippen LogP contribution in [0.2, 0.25) is 0 Å². The lowest BCUT2D eigenvalue weighted by atomic mass is 9.82. The fourth-order valence-electron chi connectivity index (χ4n) is 2.71. The molecule has 0 radical (unpaired) electrons. The maximum absolute atomic E-state index is 12.3. The van der Waals surface area contributed by atoms with E-state index in [1.54, 1.807) is 30.4 Å². The van der Waals surface area contributed by atoms with Crippen molar-refractivity contribution in [2.24, 2.45) is 11.8 Å². The summed E-state index contributed by atoms with van der Waals surface area (Å²) in [5.41, 5.74) is 0.258. The Bertz CT molecular complexity index is 597. The lowest BCUT2D eigenvalue weighted by Crippen LogP contribution is -2.39.